The van der Waals surface area contributed by atoms with Crippen molar-refractivity contribution < 1.29 is 14.6 Å². The van der Waals surface area contributed by atoms with E-state index in [-0.39, 0.29) is 0 Å². The van der Waals surface area contributed by atoms with Crippen LogP contribution >= 0.6 is 0 Å². The van der Waals surface area contributed by atoms with Gasteiger partial charge in [-0.1, -0.05) is 25.1 Å². The van der Waals surface area contributed by atoms with Gasteiger partial charge in [0.15, 0.2) is 5.82 Å². The van der Waals surface area contributed by atoms with Crippen LogP contribution in [0.4, 0.5) is 5.82 Å². The summed E-state index contributed by atoms with van der Waals surface area (Å²) in [6.07, 6.45) is 5.73. The Kier molecular flexibility index (Phi) is 6.27. The number of carbonyl (C=O) groups is 1. The van der Waals surface area contributed by atoms with E-state index in [1.54, 1.807) is 13.2 Å². The van der Waals surface area contributed by atoms with Crippen LogP contribution in [0.1, 0.15) is 35.6 Å². The van der Waals surface area contributed by atoms with Crippen molar-refractivity contribution in [1.82, 2.24) is 9.97 Å². The van der Waals surface area contributed by atoms with Crippen molar-refractivity contribution in [3.8, 4) is 5.75 Å². The van der Waals surface area contributed by atoms with Crippen molar-refractivity contribution in [3.63, 3.8) is 0 Å². The number of ether oxygens (including phenoxy) is 1. The normalized spacial score (nSPS) is 11.8. The molecule has 2 aromatic carbocycles. The van der Waals surface area contributed by atoms with Crippen LogP contribution < -0.4 is 10.5 Å². The van der Waals surface area contributed by atoms with Crippen molar-refractivity contribution in [2.24, 2.45) is 0 Å². The standard InChI is InChI=1S/C27H27N3O3/c1-4-19(27(31)32)12-17-6-10-22-23-13-18(15-29-25(23)26(28)30-24(22)14-17)5-7-20-8-9-21(33-3)11-16(20)2/h6,8-15H,4-5,7H2,1-3H3,(H2,28,30)(H,31,32). The zero-order valence-corrected chi connectivity index (χ0v) is 19.1. The summed E-state index contributed by atoms with van der Waals surface area (Å²) in [5, 5.41) is 11.2. The number of aromatic nitrogens is 2. The molecule has 0 aliphatic heterocycles. The van der Waals surface area contributed by atoms with Gasteiger partial charge in [-0.25, -0.2) is 9.78 Å². The van der Waals surface area contributed by atoms with Crippen molar-refractivity contribution in [1.29, 1.82) is 0 Å². The van der Waals surface area contributed by atoms with Crippen LogP contribution in [-0.4, -0.2) is 28.2 Å². The molecule has 0 aliphatic carbocycles. The van der Waals surface area contributed by atoms with E-state index in [9.17, 15) is 9.90 Å². The summed E-state index contributed by atoms with van der Waals surface area (Å²) >= 11 is 0. The lowest BCUT2D eigenvalue weighted by Gasteiger charge is -2.10. The number of fused-ring (bicyclic) bond motifs is 3. The zero-order chi connectivity index (χ0) is 23.5. The predicted molar refractivity (Wildman–Crippen MR) is 132 cm³/mol. The van der Waals surface area contributed by atoms with Crippen molar-refractivity contribution >= 4 is 39.7 Å². The number of nitrogens with two attached hydrogens (primary N) is 1. The van der Waals surface area contributed by atoms with Gasteiger partial charge in [-0.05, 0) is 78.8 Å². The monoisotopic (exact) mass is 441 g/mol. The molecule has 0 unspecified atom stereocenters. The van der Waals surface area contributed by atoms with Gasteiger partial charge in [0.2, 0.25) is 0 Å². The summed E-state index contributed by atoms with van der Waals surface area (Å²) in [6, 6.07) is 14.0. The van der Waals surface area contributed by atoms with E-state index in [4.69, 9.17) is 10.5 Å². The molecule has 0 bridgehead atoms. The van der Waals surface area contributed by atoms with E-state index in [0.29, 0.717) is 23.3 Å². The molecular formula is C27H27N3O3. The quantitative estimate of drug-likeness (QED) is 0.296. The van der Waals surface area contributed by atoms with Crippen LogP contribution in [0.2, 0.25) is 0 Å². The van der Waals surface area contributed by atoms with E-state index >= 15 is 0 Å². The summed E-state index contributed by atoms with van der Waals surface area (Å²) in [4.78, 5) is 20.5. The lowest BCUT2D eigenvalue weighted by Crippen LogP contribution is -2.00. The summed E-state index contributed by atoms with van der Waals surface area (Å²) in [7, 11) is 1.67. The average Bonchev–Trinajstić information content (AvgIpc) is 2.81. The third kappa shape index (κ3) is 4.65. The number of benzene rings is 2. The molecular weight excluding hydrogens is 414 g/mol. The lowest BCUT2D eigenvalue weighted by molar-refractivity contribution is -0.132. The maximum atomic E-state index is 11.4. The number of nitrogen functional groups attached to an aromatic ring is 1. The molecule has 4 aromatic rings. The Morgan fingerprint density at radius 1 is 1.12 bits per heavy atom. The minimum atomic E-state index is -0.912. The molecule has 3 N–H and O–H groups in total. The highest BCUT2D eigenvalue weighted by molar-refractivity contribution is 6.08. The molecule has 0 aliphatic rings. The second-order valence-corrected chi connectivity index (χ2v) is 8.13. The number of aryl methyl sites for hydroxylation is 3. The van der Waals surface area contributed by atoms with Crippen molar-refractivity contribution in [2.75, 3.05) is 12.8 Å². The molecule has 0 saturated carbocycles. The molecule has 0 amide bonds. The number of pyridine rings is 2. The van der Waals surface area contributed by atoms with Crippen molar-refractivity contribution in [2.45, 2.75) is 33.1 Å². The Morgan fingerprint density at radius 2 is 1.94 bits per heavy atom. The topological polar surface area (TPSA) is 98.3 Å². The molecule has 6 nitrogen and oxygen atoms in total. The van der Waals surface area contributed by atoms with Gasteiger partial charge in [-0.15, -0.1) is 0 Å². The summed E-state index contributed by atoms with van der Waals surface area (Å²) in [6.45, 7) is 3.92. The predicted octanol–water partition coefficient (Wildman–Crippen LogP) is 5.35. The highest BCUT2D eigenvalue weighted by Gasteiger charge is 2.11. The minimum absolute atomic E-state index is 0.348. The fourth-order valence-electron chi connectivity index (χ4n) is 4.07. The Balaban J connectivity index is 1.70. The number of aliphatic carboxylic acids is 1. The molecule has 0 saturated heterocycles. The highest BCUT2D eigenvalue weighted by atomic mass is 16.5. The second kappa shape index (κ2) is 9.28. The number of rotatable bonds is 7. The molecule has 0 fully saturated rings. The largest absolute Gasteiger partial charge is 0.497 e. The molecule has 33 heavy (non-hydrogen) atoms. The van der Waals surface area contributed by atoms with E-state index in [1.807, 2.05) is 43.5 Å². The van der Waals surface area contributed by atoms with Crippen LogP contribution in [0, 0.1) is 6.92 Å². The Bertz CT molecular complexity index is 1390. The number of anilines is 1. The van der Waals surface area contributed by atoms with Crippen LogP contribution in [0.25, 0.3) is 27.9 Å². The molecule has 0 radical (unpaired) electrons. The Morgan fingerprint density at radius 3 is 2.64 bits per heavy atom. The number of carboxylic acid groups (broad SMARTS) is 1. The SMILES string of the molecule is CCC(=Cc1ccc2c(c1)nc(N)c1ncc(CCc3ccc(OC)cc3C)cc12)C(=O)O. The molecule has 6 heteroatoms. The maximum absolute atomic E-state index is 11.4. The first-order valence-electron chi connectivity index (χ1n) is 10.9. The number of hydrogen-bond donors (Lipinski definition) is 2. The first kappa shape index (κ1) is 22.3. The summed E-state index contributed by atoms with van der Waals surface area (Å²) in [5.41, 5.74) is 12.3. The number of nitrogens with zero attached hydrogens (tertiary/aromatic N) is 2. The second-order valence-electron chi connectivity index (χ2n) is 8.13. The third-order valence-corrected chi connectivity index (χ3v) is 5.97. The van der Waals surface area contributed by atoms with Gasteiger partial charge in [0.1, 0.15) is 11.3 Å². The smallest absolute Gasteiger partial charge is 0.331 e. The number of hydrogen-bond acceptors (Lipinski definition) is 5. The fraction of sp³-hybridized carbons (Fsp3) is 0.222. The van der Waals surface area contributed by atoms with E-state index in [0.717, 1.165) is 46.0 Å². The van der Waals surface area contributed by atoms with Gasteiger partial charge >= 0.3 is 5.97 Å². The van der Waals surface area contributed by atoms with Gasteiger partial charge < -0.3 is 15.6 Å². The van der Waals surface area contributed by atoms with Gasteiger partial charge in [-0.2, -0.15) is 0 Å². The first-order valence-corrected chi connectivity index (χ1v) is 10.9. The fourth-order valence-corrected chi connectivity index (χ4v) is 4.07. The van der Waals surface area contributed by atoms with Gasteiger partial charge in [0.25, 0.3) is 0 Å². The Hall–Kier alpha value is -3.93. The number of carboxylic acids is 1. The molecule has 2 aromatic heterocycles. The molecule has 2 heterocycles. The van der Waals surface area contributed by atoms with Crippen LogP contribution in [0.5, 0.6) is 5.75 Å². The summed E-state index contributed by atoms with van der Waals surface area (Å²) in [5.74, 6) is 0.316. The van der Waals surface area contributed by atoms with Gasteiger partial charge in [0.05, 0.1) is 12.6 Å². The molecule has 168 valence electrons. The van der Waals surface area contributed by atoms with Crippen LogP contribution in [0.15, 0.2) is 54.2 Å². The van der Waals surface area contributed by atoms with Crippen LogP contribution in [-0.2, 0) is 17.6 Å². The van der Waals surface area contributed by atoms with E-state index < -0.39 is 5.97 Å². The maximum Gasteiger partial charge on any atom is 0.331 e. The lowest BCUT2D eigenvalue weighted by atomic mass is 9.99. The minimum Gasteiger partial charge on any atom is -0.497 e. The first-order chi connectivity index (χ1) is 15.9. The highest BCUT2D eigenvalue weighted by Crippen LogP contribution is 2.29. The number of methoxy groups -OCH3 is 1. The molecule has 4 rings (SSSR count). The summed E-state index contributed by atoms with van der Waals surface area (Å²) < 4.78 is 5.30. The average molecular weight is 442 g/mol. The molecule has 0 spiro atoms. The third-order valence-electron chi connectivity index (χ3n) is 5.97. The van der Waals surface area contributed by atoms with E-state index in [1.165, 1.54) is 11.1 Å². The van der Waals surface area contributed by atoms with E-state index in [2.05, 4.69) is 29.0 Å². The van der Waals surface area contributed by atoms with Crippen LogP contribution in [0.3, 0.4) is 0 Å². The van der Waals surface area contributed by atoms with Gasteiger partial charge in [-0.3, -0.25) is 4.98 Å². The molecule has 0 atom stereocenters. The van der Waals surface area contributed by atoms with Crippen molar-refractivity contribution in [3.05, 3.63) is 76.5 Å². The Labute approximate surface area is 192 Å². The van der Waals surface area contributed by atoms with Gasteiger partial charge in [0, 0.05) is 22.5 Å². The zero-order valence-electron chi connectivity index (χ0n) is 19.1.